The second kappa shape index (κ2) is 2.89. The molecule has 0 radical (unpaired) electrons. The Bertz CT molecular complexity index is 329. The third-order valence-corrected chi connectivity index (χ3v) is 5.28. The van der Waals surface area contributed by atoms with E-state index < -0.39 is 0 Å². The molecule has 15 heavy (non-hydrogen) atoms. The maximum atomic E-state index is 8.68. The summed E-state index contributed by atoms with van der Waals surface area (Å²) in [7, 11) is 0. The monoisotopic (exact) mass is 206 g/mol. The van der Waals surface area contributed by atoms with Crippen molar-refractivity contribution >= 4 is 0 Å². The number of nitrogens with one attached hydrogen (secondary N) is 1. The van der Waals surface area contributed by atoms with Crippen LogP contribution in [-0.4, -0.2) is 19.1 Å². The molecule has 4 heteroatoms. The van der Waals surface area contributed by atoms with Gasteiger partial charge in [0.25, 0.3) is 0 Å². The quantitative estimate of drug-likeness (QED) is 0.399. The molecular formula is C11H18N4. The second-order valence-corrected chi connectivity index (χ2v) is 5.95. The minimum atomic E-state index is 0.245. The van der Waals surface area contributed by atoms with Crippen LogP contribution in [0, 0.1) is 29.1 Å². The highest BCUT2D eigenvalue weighted by molar-refractivity contribution is 5.14. The van der Waals surface area contributed by atoms with Crippen LogP contribution in [0.3, 0.4) is 0 Å². The summed E-state index contributed by atoms with van der Waals surface area (Å²) < 4.78 is 0. The lowest BCUT2D eigenvalue weighted by Crippen LogP contribution is -2.61. The molecular weight excluding hydrogens is 188 g/mol. The van der Waals surface area contributed by atoms with Gasteiger partial charge in [-0.25, -0.2) is 0 Å². The van der Waals surface area contributed by atoms with Gasteiger partial charge in [-0.05, 0) is 54.1 Å². The normalized spacial score (nSPS) is 50.1. The Morgan fingerprint density at radius 1 is 1.27 bits per heavy atom. The molecule has 0 aromatic heterocycles. The van der Waals surface area contributed by atoms with E-state index in [1.165, 1.54) is 6.42 Å². The lowest BCUT2D eigenvalue weighted by atomic mass is 9.42. The number of hydrogen-bond donors (Lipinski definition) is 1. The van der Waals surface area contributed by atoms with Crippen molar-refractivity contribution in [1.29, 1.82) is 0 Å². The fourth-order valence-electron chi connectivity index (χ4n) is 4.36. The van der Waals surface area contributed by atoms with Gasteiger partial charge >= 0.3 is 0 Å². The summed E-state index contributed by atoms with van der Waals surface area (Å²) in [6.45, 7) is 6.88. The summed E-state index contributed by atoms with van der Waals surface area (Å²) in [6, 6.07) is 0.245. The zero-order valence-electron chi connectivity index (χ0n) is 9.35. The molecule has 0 aromatic rings. The van der Waals surface area contributed by atoms with Gasteiger partial charge in [0.1, 0.15) is 0 Å². The van der Waals surface area contributed by atoms with Crippen LogP contribution < -0.4 is 5.32 Å². The van der Waals surface area contributed by atoms with Crippen LogP contribution in [0.25, 0.3) is 10.4 Å². The predicted octanol–water partition coefficient (Wildman–Crippen LogP) is 2.18. The minimum Gasteiger partial charge on any atom is -0.316 e. The van der Waals surface area contributed by atoms with E-state index in [0.29, 0.717) is 17.3 Å². The Morgan fingerprint density at radius 3 is 2.67 bits per heavy atom. The number of azide groups is 1. The maximum Gasteiger partial charge on any atom is 0.0451 e. The van der Waals surface area contributed by atoms with Gasteiger partial charge in [0.2, 0.25) is 0 Å². The van der Waals surface area contributed by atoms with E-state index in [4.69, 9.17) is 5.53 Å². The standard InChI is InChI=1S/C11H18N4/c1-11(2)8-3-9(11)10(14-15-12)7-5-13-4-6(7)8/h6-10,13H,3-5H2,1-2H3/t6?,7?,8-,9+,10?/m1/s1. The third-order valence-electron chi connectivity index (χ3n) is 5.28. The highest BCUT2D eigenvalue weighted by Crippen LogP contribution is 2.64. The Kier molecular flexibility index (Phi) is 1.83. The van der Waals surface area contributed by atoms with Crippen molar-refractivity contribution < 1.29 is 0 Å². The Labute approximate surface area is 90.1 Å². The molecule has 1 heterocycles. The molecule has 3 aliphatic carbocycles. The van der Waals surface area contributed by atoms with Crippen LogP contribution in [0.4, 0.5) is 0 Å². The van der Waals surface area contributed by atoms with Gasteiger partial charge in [0, 0.05) is 11.0 Å². The molecule has 3 unspecified atom stereocenters. The van der Waals surface area contributed by atoms with Crippen molar-refractivity contribution in [3.05, 3.63) is 10.4 Å². The van der Waals surface area contributed by atoms with E-state index in [0.717, 1.165) is 24.9 Å². The lowest BCUT2D eigenvalue weighted by molar-refractivity contribution is -0.132. The topological polar surface area (TPSA) is 60.8 Å². The first-order valence-electron chi connectivity index (χ1n) is 5.91. The Morgan fingerprint density at radius 2 is 2.00 bits per heavy atom. The van der Waals surface area contributed by atoms with E-state index in [9.17, 15) is 0 Å². The highest BCUT2D eigenvalue weighted by Gasteiger charge is 2.62. The lowest BCUT2D eigenvalue weighted by Gasteiger charge is -2.63. The van der Waals surface area contributed by atoms with Crippen LogP contribution in [-0.2, 0) is 0 Å². The molecule has 0 spiro atoms. The van der Waals surface area contributed by atoms with E-state index in [1.54, 1.807) is 0 Å². The van der Waals surface area contributed by atoms with Gasteiger partial charge in [0.15, 0.2) is 0 Å². The zero-order valence-corrected chi connectivity index (χ0v) is 9.35. The molecule has 2 bridgehead atoms. The fraction of sp³-hybridized carbons (Fsp3) is 1.00. The molecule has 4 nitrogen and oxygen atoms in total. The third kappa shape index (κ3) is 1.04. The summed E-state index contributed by atoms with van der Waals surface area (Å²) >= 11 is 0. The van der Waals surface area contributed by atoms with E-state index >= 15 is 0 Å². The molecule has 82 valence electrons. The average molecular weight is 206 g/mol. The van der Waals surface area contributed by atoms with Crippen LogP contribution in [0.1, 0.15) is 20.3 Å². The first kappa shape index (κ1) is 9.49. The van der Waals surface area contributed by atoms with E-state index in [-0.39, 0.29) is 6.04 Å². The van der Waals surface area contributed by atoms with Gasteiger partial charge in [-0.3, -0.25) is 0 Å². The van der Waals surface area contributed by atoms with Crippen LogP contribution in [0.2, 0.25) is 0 Å². The van der Waals surface area contributed by atoms with Crippen molar-refractivity contribution in [2.45, 2.75) is 26.3 Å². The summed E-state index contributed by atoms with van der Waals surface area (Å²) in [5, 5.41) is 7.55. The molecule has 4 aliphatic rings. The van der Waals surface area contributed by atoms with Crippen molar-refractivity contribution in [3.8, 4) is 0 Å². The molecule has 4 fully saturated rings. The second-order valence-electron chi connectivity index (χ2n) is 5.95. The van der Waals surface area contributed by atoms with Gasteiger partial charge in [-0.15, -0.1) is 0 Å². The summed E-state index contributed by atoms with van der Waals surface area (Å²) in [4.78, 5) is 3.06. The van der Waals surface area contributed by atoms with Gasteiger partial charge in [-0.1, -0.05) is 19.0 Å². The number of nitrogens with zero attached hydrogens (tertiary/aromatic N) is 3. The molecule has 1 aliphatic heterocycles. The van der Waals surface area contributed by atoms with E-state index in [2.05, 4.69) is 29.2 Å². The van der Waals surface area contributed by atoms with Crippen LogP contribution in [0.5, 0.6) is 0 Å². The largest absolute Gasteiger partial charge is 0.316 e. The molecule has 0 amide bonds. The molecule has 1 saturated heterocycles. The first-order valence-corrected chi connectivity index (χ1v) is 5.91. The summed E-state index contributed by atoms with van der Waals surface area (Å²) in [6.07, 6.45) is 1.28. The minimum absolute atomic E-state index is 0.245. The predicted molar refractivity (Wildman–Crippen MR) is 58.2 cm³/mol. The number of rotatable bonds is 1. The highest BCUT2D eigenvalue weighted by atomic mass is 15.2. The Balaban J connectivity index is 1.96. The molecule has 5 atom stereocenters. The van der Waals surface area contributed by atoms with E-state index in [1.807, 2.05) is 0 Å². The smallest absolute Gasteiger partial charge is 0.0451 e. The van der Waals surface area contributed by atoms with Gasteiger partial charge in [-0.2, -0.15) is 0 Å². The van der Waals surface area contributed by atoms with Gasteiger partial charge in [0.05, 0.1) is 0 Å². The molecule has 0 aromatic carbocycles. The van der Waals surface area contributed by atoms with Crippen molar-refractivity contribution in [2.24, 2.45) is 34.2 Å². The van der Waals surface area contributed by atoms with Crippen molar-refractivity contribution in [3.63, 3.8) is 0 Å². The fourth-order valence-corrected chi connectivity index (χ4v) is 4.36. The van der Waals surface area contributed by atoms with Crippen molar-refractivity contribution in [1.82, 2.24) is 5.32 Å². The molecule has 4 rings (SSSR count). The SMILES string of the molecule is CC1(C)[C@@H]2C[C@H]1C(N=[N+]=[N-])C1CNCC12. The Hall–Kier alpha value is -0.730. The zero-order chi connectivity index (χ0) is 10.6. The maximum absolute atomic E-state index is 8.68. The summed E-state index contributed by atoms with van der Waals surface area (Å²) in [5.74, 6) is 2.84. The number of hydrogen-bond acceptors (Lipinski definition) is 2. The first-order chi connectivity index (χ1) is 7.16. The molecule has 3 saturated carbocycles. The molecule has 1 N–H and O–H groups in total. The van der Waals surface area contributed by atoms with Gasteiger partial charge < -0.3 is 5.32 Å². The summed E-state index contributed by atoms with van der Waals surface area (Å²) in [5.41, 5.74) is 9.08. The van der Waals surface area contributed by atoms with Crippen molar-refractivity contribution in [2.75, 3.05) is 13.1 Å². The van der Waals surface area contributed by atoms with Crippen LogP contribution in [0.15, 0.2) is 5.11 Å². The average Bonchev–Trinajstić information content (AvgIpc) is 2.66. The van der Waals surface area contributed by atoms with Crippen LogP contribution >= 0.6 is 0 Å².